The first-order chi connectivity index (χ1) is 10.6. The first-order valence-corrected chi connectivity index (χ1v) is 7.39. The summed E-state index contributed by atoms with van der Waals surface area (Å²) in [7, 11) is 0. The molecular formula is C17H18N2O2S. The van der Waals surface area contributed by atoms with Gasteiger partial charge < -0.3 is 15.8 Å². The van der Waals surface area contributed by atoms with Crippen LogP contribution in [0.2, 0.25) is 0 Å². The number of ether oxygens (including phenoxy) is 1. The molecule has 0 saturated heterocycles. The van der Waals surface area contributed by atoms with Gasteiger partial charge in [-0.1, -0.05) is 42.5 Å². The lowest BCUT2D eigenvalue weighted by molar-refractivity contribution is -0.119. The van der Waals surface area contributed by atoms with E-state index in [9.17, 15) is 4.79 Å². The summed E-state index contributed by atoms with van der Waals surface area (Å²) in [5.74, 6) is 0.0943. The summed E-state index contributed by atoms with van der Waals surface area (Å²) in [5, 5.41) is 3.23. The van der Waals surface area contributed by atoms with Gasteiger partial charge in [0.1, 0.15) is 10.7 Å². The van der Waals surface area contributed by atoms with Crippen molar-refractivity contribution in [2.45, 2.75) is 6.42 Å². The summed E-state index contributed by atoms with van der Waals surface area (Å²) in [6.07, 6.45) is 0.917. The fraction of sp³-hybridized carbons (Fsp3) is 0.176. The first-order valence-electron chi connectivity index (χ1n) is 6.98. The van der Waals surface area contributed by atoms with Crippen LogP contribution in [0.15, 0.2) is 54.6 Å². The largest absolute Gasteiger partial charge is 0.484 e. The Kier molecular flexibility index (Phi) is 5.91. The Morgan fingerprint density at radius 1 is 1.09 bits per heavy atom. The van der Waals surface area contributed by atoms with Gasteiger partial charge in [-0.05, 0) is 36.2 Å². The Hall–Kier alpha value is -2.40. The molecule has 5 heteroatoms. The van der Waals surface area contributed by atoms with Crippen LogP contribution in [0, 0.1) is 0 Å². The predicted molar refractivity (Wildman–Crippen MR) is 91.0 cm³/mol. The van der Waals surface area contributed by atoms with Crippen molar-refractivity contribution in [1.82, 2.24) is 5.32 Å². The maximum Gasteiger partial charge on any atom is 0.255 e. The van der Waals surface area contributed by atoms with Gasteiger partial charge in [0.2, 0.25) is 0 Å². The molecule has 0 atom stereocenters. The summed E-state index contributed by atoms with van der Waals surface area (Å²) >= 11 is 5.36. The smallest absolute Gasteiger partial charge is 0.255 e. The zero-order chi connectivity index (χ0) is 15.8. The van der Waals surface area contributed by atoms with Gasteiger partial charge in [-0.15, -0.1) is 0 Å². The molecule has 2 aromatic carbocycles. The highest BCUT2D eigenvalue weighted by molar-refractivity contribution is 7.80. The Morgan fingerprint density at radius 3 is 2.41 bits per heavy atom. The second kappa shape index (κ2) is 8.14. The zero-order valence-electron chi connectivity index (χ0n) is 12.1. The summed E-state index contributed by atoms with van der Waals surface area (Å²) in [6.45, 7) is 0.655. The molecule has 0 aliphatic carbocycles. The molecule has 4 nitrogen and oxygen atoms in total. The number of thiocarbonyl (C=S) groups is 1. The van der Waals surface area contributed by atoms with Gasteiger partial charge in [0, 0.05) is 12.1 Å². The van der Waals surface area contributed by atoms with Crippen molar-refractivity contribution in [1.29, 1.82) is 0 Å². The fourth-order valence-corrected chi connectivity index (χ4v) is 2.16. The molecule has 0 heterocycles. The molecule has 0 aliphatic rings. The molecule has 0 fully saturated rings. The average molecular weight is 314 g/mol. The summed E-state index contributed by atoms with van der Waals surface area (Å²) < 4.78 is 5.20. The number of benzene rings is 2. The highest BCUT2D eigenvalue weighted by Crippen LogP contribution is 2.12. The van der Waals surface area contributed by atoms with Crippen molar-refractivity contribution in [2.24, 2.45) is 5.73 Å². The van der Waals surface area contributed by atoms with Crippen molar-refractivity contribution in [3.63, 3.8) is 0 Å². The van der Waals surface area contributed by atoms with E-state index in [2.05, 4.69) is 17.4 Å². The van der Waals surface area contributed by atoms with Crippen LogP contribution in [0.5, 0.6) is 5.75 Å². The van der Waals surface area contributed by atoms with E-state index in [1.807, 2.05) is 30.3 Å². The number of primary amides is 1. The Labute approximate surface area is 135 Å². The molecule has 0 saturated carbocycles. The van der Waals surface area contributed by atoms with Gasteiger partial charge in [0.15, 0.2) is 6.61 Å². The normalized spacial score (nSPS) is 10.0. The third-order valence-electron chi connectivity index (χ3n) is 3.04. The van der Waals surface area contributed by atoms with Crippen LogP contribution in [0.3, 0.4) is 0 Å². The van der Waals surface area contributed by atoms with E-state index in [-0.39, 0.29) is 6.61 Å². The molecule has 2 aromatic rings. The quantitative estimate of drug-likeness (QED) is 0.768. The van der Waals surface area contributed by atoms with Crippen molar-refractivity contribution in [3.05, 3.63) is 65.7 Å². The van der Waals surface area contributed by atoms with E-state index in [4.69, 9.17) is 22.7 Å². The lowest BCUT2D eigenvalue weighted by Gasteiger charge is -2.09. The van der Waals surface area contributed by atoms with Crippen LogP contribution < -0.4 is 15.8 Å². The Morgan fingerprint density at radius 2 is 1.77 bits per heavy atom. The molecule has 0 spiro atoms. The van der Waals surface area contributed by atoms with Crippen LogP contribution in [0.4, 0.5) is 0 Å². The number of rotatable bonds is 7. The number of hydrogen-bond acceptors (Lipinski definition) is 3. The van der Waals surface area contributed by atoms with E-state index >= 15 is 0 Å². The van der Waals surface area contributed by atoms with Crippen LogP contribution in [-0.2, 0) is 11.2 Å². The van der Waals surface area contributed by atoms with Crippen LogP contribution in [0.1, 0.15) is 11.1 Å². The number of nitrogens with two attached hydrogens (primary N) is 1. The van der Waals surface area contributed by atoms with Crippen LogP contribution in [-0.4, -0.2) is 24.0 Å². The fourth-order valence-electron chi connectivity index (χ4n) is 1.92. The van der Waals surface area contributed by atoms with Gasteiger partial charge in [0.25, 0.3) is 5.91 Å². The van der Waals surface area contributed by atoms with Crippen molar-refractivity contribution >= 4 is 23.1 Å². The molecule has 3 N–H and O–H groups in total. The average Bonchev–Trinajstić information content (AvgIpc) is 2.54. The van der Waals surface area contributed by atoms with E-state index in [1.165, 1.54) is 5.56 Å². The van der Waals surface area contributed by atoms with Gasteiger partial charge in [0.05, 0.1) is 0 Å². The standard InChI is InChI=1S/C17H18N2O2S/c18-16(20)12-21-15-8-6-14(7-9-15)17(22)19-11-10-13-4-2-1-3-5-13/h1-9H,10-12H2,(H2,18,20)(H,19,22). The minimum absolute atomic E-state index is 0.126. The van der Waals surface area contributed by atoms with Crippen molar-refractivity contribution in [3.8, 4) is 5.75 Å². The SMILES string of the molecule is NC(=O)COc1ccc(C(=S)NCCc2ccccc2)cc1. The second-order valence-corrected chi connectivity index (χ2v) is 5.18. The van der Waals surface area contributed by atoms with E-state index in [0.29, 0.717) is 10.7 Å². The van der Waals surface area contributed by atoms with Gasteiger partial charge in [-0.25, -0.2) is 0 Å². The molecular weight excluding hydrogens is 296 g/mol. The molecule has 22 heavy (non-hydrogen) atoms. The first kappa shape index (κ1) is 16.0. The monoisotopic (exact) mass is 314 g/mol. The van der Waals surface area contributed by atoms with Gasteiger partial charge in [-0.3, -0.25) is 4.79 Å². The topological polar surface area (TPSA) is 64.4 Å². The Balaban J connectivity index is 1.81. The van der Waals surface area contributed by atoms with Crippen LogP contribution in [0.25, 0.3) is 0 Å². The number of nitrogens with one attached hydrogen (secondary N) is 1. The molecule has 0 unspecified atom stereocenters. The van der Waals surface area contributed by atoms with Crippen molar-refractivity contribution in [2.75, 3.05) is 13.2 Å². The van der Waals surface area contributed by atoms with Gasteiger partial charge in [-0.2, -0.15) is 0 Å². The third-order valence-corrected chi connectivity index (χ3v) is 3.42. The number of carbonyl (C=O) groups is 1. The van der Waals surface area contributed by atoms with E-state index in [1.54, 1.807) is 12.1 Å². The minimum atomic E-state index is -0.498. The molecule has 1 amide bonds. The lowest BCUT2D eigenvalue weighted by Crippen LogP contribution is -2.24. The predicted octanol–water partition coefficient (Wildman–Crippen LogP) is 2.06. The molecule has 0 aliphatic heterocycles. The maximum absolute atomic E-state index is 10.6. The maximum atomic E-state index is 10.6. The highest BCUT2D eigenvalue weighted by Gasteiger charge is 2.02. The van der Waals surface area contributed by atoms with E-state index in [0.717, 1.165) is 18.5 Å². The van der Waals surface area contributed by atoms with Crippen LogP contribution >= 0.6 is 12.2 Å². The highest BCUT2D eigenvalue weighted by atomic mass is 32.1. The minimum Gasteiger partial charge on any atom is -0.484 e. The van der Waals surface area contributed by atoms with Gasteiger partial charge >= 0.3 is 0 Å². The lowest BCUT2D eigenvalue weighted by atomic mass is 10.1. The molecule has 114 valence electrons. The van der Waals surface area contributed by atoms with E-state index < -0.39 is 5.91 Å². The molecule has 2 rings (SSSR count). The number of carbonyl (C=O) groups excluding carboxylic acids is 1. The Bertz CT molecular complexity index is 627. The molecule has 0 bridgehead atoms. The van der Waals surface area contributed by atoms with Crippen molar-refractivity contribution < 1.29 is 9.53 Å². The number of amides is 1. The summed E-state index contributed by atoms with van der Waals surface area (Å²) in [5.41, 5.74) is 7.21. The summed E-state index contributed by atoms with van der Waals surface area (Å²) in [6, 6.07) is 17.5. The third kappa shape index (κ3) is 5.18. The molecule has 0 aromatic heterocycles. The zero-order valence-corrected chi connectivity index (χ0v) is 12.9. The molecule has 0 radical (unpaired) electrons. The summed E-state index contributed by atoms with van der Waals surface area (Å²) in [4.78, 5) is 11.3. The second-order valence-electron chi connectivity index (χ2n) is 4.77. The number of hydrogen-bond donors (Lipinski definition) is 2.